The molecule has 0 bridgehead atoms. The van der Waals surface area contributed by atoms with Crippen molar-refractivity contribution >= 4 is 54.7 Å². The van der Waals surface area contributed by atoms with Crippen LogP contribution in [0.1, 0.15) is 10.4 Å². The largest absolute Gasteiger partial charge is 0.506 e. The van der Waals surface area contributed by atoms with Crippen molar-refractivity contribution in [2.75, 3.05) is 6.54 Å². The van der Waals surface area contributed by atoms with Gasteiger partial charge in [0.15, 0.2) is 11.1 Å². The third-order valence-electron chi connectivity index (χ3n) is 2.53. The number of halogens is 2. The predicted molar refractivity (Wildman–Crippen MR) is 79.5 cm³/mol. The molecule has 7 nitrogen and oxygen atoms in total. The van der Waals surface area contributed by atoms with Crippen LogP contribution < -0.4 is 10.9 Å². The van der Waals surface area contributed by atoms with Crippen molar-refractivity contribution in [3.05, 3.63) is 37.1 Å². The zero-order valence-electron chi connectivity index (χ0n) is 10.1. The second-order valence-corrected chi connectivity index (χ2v) is 5.72. The van der Waals surface area contributed by atoms with Crippen molar-refractivity contribution in [2.24, 2.45) is 0 Å². The number of hydrogen-bond donors (Lipinski definition) is 3. The second-order valence-electron chi connectivity index (χ2n) is 3.95. The summed E-state index contributed by atoms with van der Waals surface area (Å²) in [7, 11) is 0. The van der Waals surface area contributed by atoms with E-state index in [0.29, 0.717) is 8.95 Å². The Labute approximate surface area is 133 Å². The van der Waals surface area contributed by atoms with Crippen molar-refractivity contribution < 1.29 is 24.2 Å². The maximum absolute atomic E-state index is 11.8. The Morgan fingerprint density at radius 3 is 2.57 bits per heavy atom. The highest BCUT2D eigenvalue weighted by Crippen LogP contribution is 2.34. The van der Waals surface area contributed by atoms with E-state index in [-0.39, 0.29) is 11.0 Å². The molecule has 0 saturated carbocycles. The lowest BCUT2D eigenvalue weighted by Crippen LogP contribution is -2.32. The SMILES string of the molecule is O=C(O)CNC(=O)c1c(O)c2cc(Br)cc(Br)c2oc1=O. The maximum Gasteiger partial charge on any atom is 0.353 e. The van der Waals surface area contributed by atoms with Crippen molar-refractivity contribution in [2.45, 2.75) is 0 Å². The van der Waals surface area contributed by atoms with Gasteiger partial charge >= 0.3 is 11.6 Å². The van der Waals surface area contributed by atoms with Gasteiger partial charge in [-0.3, -0.25) is 9.59 Å². The van der Waals surface area contributed by atoms with Crippen LogP contribution >= 0.6 is 31.9 Å². The van der Waals surface area contributed by atoms with E-state index in [1.807, 2.05) is 5.32 Å². The Hall–Kier alpha value is -1.87. The van der Waals surface area contributed by atoms with Crippen LogP contribution in [0.3, 0.4) is 0 Å². The van der Waals surface area contributed by atoms with Gasteiger partial charge in [-0.1, -0.05) is 15.9 Å². The molecule has 0 spiro atoms. The molecule has 1 aromatic heterocycles. The first-order valence-corrected chi connectivity index (χ1v) is 7.04. The quantitative estimate of drug-likeness (QED) is 0.652. The Kier molecular flexibility index (Phi) is 4.33. The molecule has 0 saturated heterocycles. The number of benzene rings is 1. The van der Waals surface area contributed by atoms with E-state index in [1.54, 1.807) is 6.07 Å². The van der Waals surface area contributed by atoms with E-state index in [1.165, 1.54) is 6.07 Å². The molecule has 2 aromatic rings. The third-order valence-corrected chi connectivity index (χ3v) is 3.57. The van der Waals surface area contributed by atoms with Gasteiger partial charge in [0, 0.05) is 4.47 Å². The number of aliphatic carboxylic acids is 1. The molecule has 0 aliphatic heterocycles. The summed E-state index contributed by atoms with van der Waals surface area (Å²) in [5.41, 5.74) is -1.63. The van der Waals surface area contributed by atoms with Crippen molar-refractivity contribution in [3.63, 3.8) is 0 Å². The second kappa shape index (κ2) is 5.86. The van der Waals surface area contributed by atoms with Crippen LogP contribution in [0.5, 0.6) is 5.75 Å². The van der Waals surface area contributed by atoms with Crippen LogP contribution in [0.15, 0.2) is 30.3 Å². The molecule has 9 heteroatoms. The van der Waals surface area contributed by atoms with Crippen molar-refractivity contribution in [1.29, 1.82) is 0 Å². The third kappa shape index (κ3) is 3.08. The van der Waals surface area contributed by atoms with Crippen molar-refractivity contribution in [3.8, 4) is 5.75 Å². The molecule has 1 heterocycles. The van der Waals surface area contributed by atoms with E-state index < -0.39 is 35.4 Å². The summed E-state index contributed by atoms with van der Waals surface area (Å²) >= 11 is 6.38. The number of rotatable bonds is 3. The normalized spacial score (nSPS) is 10.6. The summed E-state index contributed by atoms with van der Waals surface area (Å²) in [5.74, 6) is -2.88. The molecular weight excluding hydrogens is 414 g/mol. The molecular formula is C12H7Br2NO6. The van der Waals surface area contributed by atoms with Gasteiger partial charge in [-0.05, 0) is 28.1 Å². The highest BCUT2D eigenvalue weighted by atomic mass is 79.9. The fourth-order valence-electron chi connectivity index (χ4n) is 1.66. The van der Waals surface area contributed by atoms with Gasteiger partial charge in [0.1, 0.15) is 12.3 Å². The molecule has 2 rings (SSSR count). The van der Waals surface area contributed by atoms with Gasteiger partial charge in [0.2, 0.25) is 0 Å². The Morgan fingerprint density at radius 2 is 1.95 bits per heavy atom. The van der Waals surface area contributed by atoms with E-state index in [2.05, 4.69) is 31.9 Å². The molecule has 0 radical (unpaired) electrons. The first-order chi connectivity index (χ1) is 9.81. The first kappa shape index (κ1) is 15.5. The molecule has 1 aromatic carbocycles. The number of carboxylic acids is 1. The van der Waals surface area contributed by atoms with E-state index in [9.17, 15) is 19.5 Å². The lowest BCUT2D eigenvalue weighted by Gasteiger charge is -2.07. The fourth-order valence-corrected chi connectivity index (χ4v) is 2.97. The van der Waals surface area contributed by atoms with Crippen molar-refractivity contribution in [1.82, 2.24) is 5.32 Å². The molecule has 0 unspecified atom stereocenters. The number of carbonyl (C=O) groups is 2. The van der Waals surface area contributed by atoms with Gasteiger partial charge in [-0.15, -0.1) is 0 Å². The molecule has 21 heavy (non-hydrogen) atoms. The van der Waals surface area contributed by atoms with E-state index in [0.717, 1.165) is 0 Å². The zero-order chi connectivity index (χ0) is 15.7. The zero-order valence-corrected chi connectivity index (χ0v) is 13.3. The van der Waals surface area contributed by atoms with Gasteiger partial charge in [-0.25, -0.2) is 4.79 Å². The maximum atomic E-state index is 11.8. The minimum Gasteiger partial charge on any atom is -0.506 e. The summed E-state index contributed by atoms with van der Waals surface area (Å²) < 4.78 is 6.00. The molecule has 110 valence electrons. The average molecular weight is 421 g/mol. The molecule has 0 aliphatic carbocycles. The highest BCUT2D eigenvalue weighted by molar-refractivity contribution is 9.11. The summed E-state index contributed by atoms with van der Waals surface area (Å²) in [5, 5.41) is 20.7. The number of aromatic hydroxyl groups is 1. The molecule has 0 atom stereocenters. The lowest BCUT2D eigenvalue weighted by atomic mass is 10.1. The summed E-state index contributed by atoms with van der Waals surface area (Å²) in [6.45, 7) is -0.683. The number of carbonyl (C=O) groups excluding carboxylic acids is 1. The highest BCUT2D eigenvalue weighted by Gasteiger charge is 2.22. The van der Waals surface area contributed by atoms with Gasteiger partial charge in [0.25, 0.3) is 5.91 Å². The van der Waals surface area contributed by atoms with Gasteiger partial charge in [-0.2, -0.15) is 0 Å². The minimum atomic E-state index is -1.28. The molecule has 0 aliphatic rings. The lowest BCUT2D eigenvalue weighted by molar-refractivity contribution is -0.135. The van der Waals surface area contributed by atoms with Gasteiger partial charge in [0.05, 0.1) is 9.86 Å². The summed E-state index contributed by atoms with van der Waals surface area (Å²) in [6, 6.07) is 3.07. The number of nitrogens with one attached hydrogen (secondary N) is 1. The molecule has 1 amide bonds. The molecule has 0 fully saturated rings. The smallest absolute Gasteiger partial charge is 0.353 e. The van der Waals surface area contributed by atoms with Gasteiger partial charge < -0.3 is 19.9 Å². The average Bonchev–Trinajstić information content (AvgIpc) is 2.38. The predicted octanol–water partition coefficient (Wildman–Crippen LogP) is 1.84. The van der Waals surface area contributed by atoms with Crippen LogP contribution in [-0.2, 0) is 4.79 Å². The summed E-state index contributed by atoms with van der Waals surface area (Å²) in [6.07, 6.45) is 0. The molecule has 3 N–H and O–H groups in total. The van der Waals surface area contributed by atoms with Crippen LogP contribution in [0.4, 0.5) is 0 Å². The topological polar surface area (TPSA) is 117 Å². The fraction of sp³-hybridized carbons (Fsp3) is 0.0833. The number of carboxylic acid groups (broad SMARTS) is 1. The standard InChI is InChI=1S/C12H7Br2NO6/c13-4-1-5-9(18)8(11(19)15-3-7(16)17)12(20)21-10(5)6(14)2-4/h1-2,18H,3H2,(H,15,19)(H,16,17). The van der Waals surface area contributed by atoms with E-state index in [4.69, 9.17) is 9.52 Å². The van der Waals surface area contributed by atoms with Crippen LogP contribution in [0, 0.1) is 0 Å². The van der Waals surface area contributed by atoms with Crippen LogP contribution in [0.2, 0.25) is 0 Å². The van der Waals surface area contributed by atoms with E-state index >= 15 is 0 Å². The minimum absolute atomic E-state index is 0.0792. The Bertz CT molecular complexity index is 813. The number of fused-ring (bicyclic) bond motifs is 1. The first-order valence-electron chi connectivity index (χ1n) is 5.46. The number of amides is 1. The summed E-state index contributed by atoms with van der Waals surface area (Å²) in [4.78, 5) is 34.0. The number of hydrogen-bond acceptors (Lipinski definition) is 5. The van der Waals surface area contributed by atoms with Crippen LogP contribution in [-0.4, -0.2) is 28.6 Å². The van der Waals surface area contributed by atoms with Crippen LogP contribution in [0.25, 0.3) is 11.0 Å². The Morgan fingerprint density at radius 1 is 1.29 bits per heavy atom. The monoisotopic (exact) mass is 419 g/mol. The Balaban J connectivity index is 2.63.